The van der Waals surface area contributed by atoms with Gasteiger partial charge in [0.1, 0.15) is 0 Å². The van der Waals surface area contributed by atoms with E-state index in [-0.39, 0.29) is 16.7 Å². The first-order chi connectivity index (χ1) is 11.3. The van der Waals surface area contributed by atoms with Crippen LogP contribution < -0.4 is 0 Å². The van der Waals surface area contributed by atoms with Gasteiger partial charge in [0.15, 0.2) is 5.78 Å². The second kappa shape index (κ2) is 5.41. The molecule has 24 heavy (non-hydrogen) atoms. The van der Waals surface area contributed by atoms with Crippen molar-refractivity contribution in [2.45, 2.75) is 77.9 Å². The molecule has 134 valence electrons. The van der Waals surface area contributed by atoms with E-state index in [0.29, 0.717) is 23.5 Å². The van der Waals surface area contributed by atoms with Gasteiger partial charge in [-0.2, -0.15) is 0 Å². The Morgan fingerprint density at radius 3 is 2.46 bits per heavy atom. The number of carbonyl (C=O) groups excluding carboxylic acids is 1. The van der Waals surface area contributed by atoms with Crippen molar-refractivity contribution in [2.75, 3.05) is 0 Å². The van der Waals surface area contributed by atoms with E-state index in [4.69, 9.17) is 0 Å². The zero-order valence-electron chi connectivity index (χ0n) is 15.3. The van der Waals surface area contributed by atoms with Gasteiger partial charge >= 0.3 is 0 Å². The highest BCUT2D eigenvalue weighted by Crippen LogP contribution is 2.66. The van der Waals surface area contributed by atoms with Crippen LogP contribution in [-0.4, -0.2) is 28.2 Å². The van der Waals surface area contributed by atoms with E-state index in [0.717, 1.165) is 50.5 Å². The average molecular weight is 332 g/mol. The molecule has 3 heteroatoms. The van der Waals surface area contributed by atoms with Gasteiger partial charge in [-0.1, -0.05) is 19.9 Å². The summed E-state index contributed by atoms with van der Waals surface area (Å²) in [7, 11) is 0. The molecule has 3 nitrogen and oxygen atoms in total. The summed E-state index contributed by atoms with van der Waals surface area (Å²) < 4.78 is 0. The van der Waals surface area contributed by atoms with Gasteiger partial charge in [0.25, 0.3) is 0 Å². The average Bonchev–Trinajstić information content (AvgIpc) is 2.81. The largest absolute Gasteiger partial charge is 0.390 e. The molecule has 0 aromatic rings. The molecule has 0 amide bonds. The van der Waals surface area contributed by atoms with Crippen LogP contribution in [0.25, 0.3) is 0 Å². The smallest absolute Gasteiger partial charge is 0.159 e. The minimum Gasteiger partial charge on any atom is -0.390 e. The first-order valence-electron chi connectivity index (χ1n) is 9.89. The topological polar surface area (TPSA) is 57.5 Å². The molecule has 4 aliphatic carbocycles. The van der Waals surface area contributed by atoms with Gasteiger partial charge < -0.3 is 10.2 Å². The Morgan fingerprint density at radius 2 is 1.75 bits per heavy atom. The van der Waals surface area contributed by atoms with Crippen LogP contribution in [-0.2, 0) is 4.79 Å². The fraction of sp³-hybridized carbons (Fsp3) is 0.857. The van der Waals surface area contributed by atoms with Gasteiger partial charge in [0.2, 0.25) is 0 Å². The minimum absolute atomic E-state index is 0.0724. The number of ketones is 1. The van der Waals surface area contributed by atoms with Crippen molar-refractivity contribution < 1.29 is 15.0 Å². The molecule has 0 aromatic heterocycles. The Bertz CT molecular complexity index is 582. The number of rotatable bonds is 0. The van der Waals surface area contributed by atoms with Crippen molar-refractivity contribution in [3.63, 3.8) is 0 Å². The number of hydrogen-bond donors (Lipinski definition) is 2. The molecule has 8 atom stereocenters. The summed E-state index contributed by atoms with van der Waals surface area (Å²) in [6.45, 7) is 6.70. The molecule has 0 saturated heterocycles. The summed E-state index contributed by atoms with van der Waals surface area (Å²) >= 11 is 0. The van der Waals surface area contributed by atoms with Crippen LogP contribution in [0.15, 0.2) is 11.6 Å². The second-order valence-corrected chi connectivity index (χ2v) is 9.45. The summed E-state index contributed by atoms with van der Waals surface area (Å²) in [6, 6.07) is 0. The monoisotopic (exact) mass is 332 g/mol. The lowest BCUT2D eigenvalue weighted by atomic mass is 9.44. The van der Waals surface area contributed by atoms with E-state index in [2.05, 4.69) is 19.9 Å². The van der Waals surface area contributed by atoms with Crippen LogP contribution in [0.1, 0.15) is 65.7 Å². The van der Waals surface area contributed by atoms with Crippen LogP contribution in [0.5, 0.6) is 0 Å². The summed E-state index contributed by atoms with van der Waals surface area (Å²) in [5.41, 5.74) is 1.28. The van der Waals surface area contributed by atoms with Crippen molar-refractivity contribution in [1.82, 2.24) is 0 Å². The highest BCUT2D eigenvalue weighted by atomic mass is 16.3. The molecule has 0 bridgehead atoms. The summed E-state index contributed by atoms with van der Waals surface area (Å²) in [5.74, 6) is 2.29. The fourth-order valence-electron chi connectivity index (χ4n) is 7.46. The van der Waals surface area contributed by atoms with Gasteiger partial charge in [0, 0.05) is 6.42 Å². The van der Waals surface area contributed by atoms with Crippen LogP contribution in [0.2, 0.25) is 0 Å². The van der Waals surface area contributed by atoms with Crippen molar-refractivity contribution in [3.8, 4) is 0 Å². The third-order valence-electron chi connectivity index (χ3n) is 8.73. The Hall–Kier alpha value is -0.670. The number of aliphatic hydroxyl groups is 2. The van der Waals surface area contributed by atoms with E-state index in [1.807, 2.05) is 6.92 Å². The molecule has 4 fully saturated rings. The molecule has 4 saturated carbocycles. The number of fused-ring (bicyclic) bond motifs is 5. The normalized spacial score (nSPS) is 55.9. The molecular formula is C21H32O3. The molecule has 0 heterocycles. The van der Waals surface area contributed by atoms with E-state index in [1.54, 1.807) is 0 Å². The molecular weight excluding hydrogens is 300 g/mol. The van der Waals surface area contributed by atoms with Gasteiger partial charge in [-0.15, -0.1) is 0 Å². The van der Waals surface area contributed by atoms with Gasteiger partial charge in [-0.25, -0.2) is 0 Å². The molecule has 4 rings (SSSR count). The van der Waals surface area contributed by atoms with Gasteiger partial charge in [-0.05, 0) is 85.5 Å². The fourth-order valence-corrected chi connectivity index (χ4v) is 7.46. The number of hydrogen-bond acceptors (Lipinski definition) is 3. The lowest BCUT2D eigenvalue weighted by Crippen LogP contribution is -2.57. The number of Topliss-reactive ketones (excluding diaryl/α,β-unsaturated/α-hetero) is 1. The Kier molecular flexibility index (Phi) is 3.78. The molecule has 0 radical (unpaired) electrons. The van der Waals surface area contributed by atoms with Crippen LogP contribution in [0.4, 0.5) is 0 Å². The maximum Gasteiger partial charge on any atom is 0.159 e. The molecule has 4 aliphatic rings. The van der Waals surface area contributed by atoms with Crippen molar-refractivity contribution >= 4 is 5.78 Å². The highest BCUT2D eigenvalue weighted by Gasteiger charge is 2.61. The zero-order valence-corrected chi connectivity index (χ0v) is 15.3. The predicted molar refractivity (Wildman–Crippen MR) is 93.3 cm³/mol. The molecule has 0 spiro atoms. The minimum atomic E-state index is -0.561. The van der Waals surface area contributed by atoms with Crippen LogP contribution >= 0.6 is 0 Å². The van der Waals surface area contributed by atoms with E-state index in [9.17, 15) is 15.0 Å². The Balaban J connectivity index is 1.67. The van der Waals surface area contributed by atoms with Gasteiger partial charge in [0.05, 0.1) is 12.2 Å². The van der Waals surface area contributed by atoms with Crippen LogP contribution in [0.3, 0.4) is 0 Å². The quantitative estimate of drug-likeness (QED) is 0.668. The Labute approximate surface area is 145 Å². The predicted octanol–water partition coefficient (Wildman–Crippen LogP) is 3.49. The van der Waals surface area contributed by atoms with E-state index in [1.165, 1.54) is 0 Å². The van der Waals surface area contributed by atoms with Crippen molar-refractivity contribution in [2.24, 2.45) is 34.5 Å². The molecule has 2 N–H and O–H groups in total. The number of aliphatic hydroxyl groups excluding tert-OH is 2. The maximum atomic E-state index is 12.6. The summed E-state index contributed by atoms with van der Waals surface area (Å²) in [5, 5.41) is 20.7. The number of carbonyl (C=O) groups is 1. The Morgan fingerprint density at radius 1 is 1.00 bits per heavy atom. The first-order valence-corrected chi connectivity index (χ1v) is 9.89. The third-order valence-corrected chi connectivity index (χ3v) is 8.73. The standard InChI is InChI=1S/C21H32O3/c1-4-13-18(23)11-16-12-5-6-15-19(24)17(22)8-10-21(15,3)14(12)7-9-20(13,16)2/h4,12,14-17,19,22,24H,5-11H2,1-3H3/b13-4-/t12-,14-,15+,16-,17+,19-,20-,21-/m1/s1. The number of allylic oxidation sites excluding steroid dienone is 2. The van der Waals surface area contributed by atoms with Gasteiger partial charge in [-0.3, -0.25) is 4.79 Å². The van der Waals surface area contributed by atoms with Crippen LogP contribution in [0, 0.1) is 34.5 Å². The maximum absolute atomic E-state index is 12.6. The molecule has 0 unspecified atom stereocenters. The lowest BCUT2D eigenvalue weighted by Gasteiger charge is -2.61. The van der Waals surface area contributed by atoms with Crippen molar-refractivity contribution in [1.29, 1.82) is 0 Å². The third kappa shape index (κ3) is 2.00. The van der Waals surface area contributed by atoms with E-state index >= 15 is 0 Å². The zero-order chi connectivity index (χ0) is 17.3. The van der Waals surface area contributed by atoms with Crippen molar-refractivity contribution in [3.05, 3.63) is 11.6 Å². The summed E-state index contributed by atoms with van der Waals surface area (Å²) in [4.78, 5) is 12.6. The molecule has 0 aromatic carbocycles. The summed E-state index contributed by atoms with van der Waals surface area (Å²) in [6.07, 6.45) is 7.80. The highest BCUT2D eigenvalue weighted by molar-refractivity contribution is 5.99. The first kappa shape index (κ1) is 16.8. The second-order valence-electron chi connectivity index (χ2n) is 9.45. The lowest BCUT2D eigenvalue weighted by molar-refractivity contribution is -0.169. The SMILES string of the molecule is C/C=C1/C(=O)C[C@@H]2[C@@H]3CC[C@H]4[C@@H](O)[C@@H](O)CC[C@]4(C)[C@@H]3CC[C@]12C. The molecule has 0 aliphatic heterocycles. The van der Waals surface area contributed by atoms with E-state index < -0.39 is 12.2 Å².